The molecule has 0 unspecified atom stereocenters. The van der Waals surface area contributed by atoms with Gasteiger partial charge in [-0.2, -0.15) is 0 Å². The van der Waals surface area contributed by atoms with Gasteiger partial charge in [-0.15, -0.1) is 0 Å². The monoisotopic (exact) mass is 380 g/mol. The van der Waals surface area contributed by atoms with Crippen LogP contribution in [0.1, 0.15) is 25.7 Å². The fourth-order valence-electron chi connectivity index (χ4n) is 4.67. The molecule has 0 aromatic carbocycles. The van der Waals surface area contributed by atoms with E-state index < -0.39 is 0 Å². The predicted octanol–water partition coefficient (Wildman–Crippen LogP) is 1.46. The average Bonchev–Trinajstić information content (AvgIpc) is 3.40. The molecule has 2 fully saturated rings. The van der Waals surface area contributed by atoms with Crippen molar-refractivity contribution in [1.29, 1.82) is 0 Å². The van der Waals surface area contributed by atoms with Crippen molar-refractivity contribution in [1.82, 2.24) is 34.4 Å². The number of anilines is 1. The van der Waals surface area contributed by atoms with Gasteiger partial charge < -0.3 is 19.4 Å². The lowest BCUT2D eigenvalue weighted by atomic mass is 9.83. The third-order valence-electron chi connectivity index (χ3n) is 6.02. The number of nitrogens with zero attached hydrogens (tertiary/aromatic N) is 7. The summed E-state index contributed by atoms with van der Waals surface area (Å²) in [5, 5.41) is 0. The van der Waals surface area contributed by atoms with Gasteiger partial charge in [0.1, 0.15) is 11.8 Å². The molecule has 3 aromatic rings. The van der Waals surface area contributed by atoms with Crippen LogP contribution in [0.3, 0.4) is 0 Å². The van der Waals surface area contributed by atoms with Crippen molar-refractivity contribution >= 4 is 22.9 Å². The van der Waals surface area contributed by atoms with Crippen LogP contribution in [-0.4, -0.2) is 66.0 Å². The number of nitrogens with one attached hydrogen (secondary N) is 1. The maximum atomic E-state index is 12.6. The Hall–Kier alpha value is -2.97. The van der Waals surface area contributed by atoms with Crippen LogP contribution in [-0.2, 0) is 11.3 Å². The maximum Gasteiger partial charge on any atom is 0.222 e. The fraction of sp³-hybridized carbons (Fsp3) is 0.526. The van der Waals surface area contributed by atoms with Gasteiger partial charge in [-0.1, -0.05) is 0 Å². The summed E-state index contributed by atoms with van der Waals surface area (Å²) < 4.78 is 2.07. The molecule has 0 spiro atoms. The van der Waals surface area contributed by atoms with Crippen LogP contribution in [0, 0.1) is 5.92 Å². The van der Waals surface area contributed by atoms with E-state index >= 15 is 0 Å². The number of H-pyrrole nitrogens is 1. The molecule has 3 aromatic heterocycles. The Kier molecular flexibility index (Phi) is 4.42. The summed E-state index contributed by atoms with van der Waals surface area (Å²) in [7, 11) is 0. The highest BCUT2D eigenvalue weighted by Gasteiger charge is 2.39. The van der Waals surface area contributed by atoms with Gasteiger partial charge in [0, 0.05) is 51.0 Å². The van der Waals surface area contributed by atoms with Gasteiger partial charge in [0.15, 0.2) is 11.5 Å². The quantitative estimate of drug-likeness (QED) is 0.720. The number of hydrogen-bond acceptors (Lipinski definition) is 6. The van der Waals surface area contributed by atoms with Crippen molar-refractivity contribution < 1.29 is 4.79 Å². The lowest BCUT2D eigenvalue weighted by molar-refractivity contribution is -0.139. The Morgan fingerprint density at radius 2 is 2.14 bits per heavy atom. The van der Waals surface area contributed by atoms with E-state index in [0.717, 1.165) is 56.8 Å². The molecule has 28 heavy (non-hydrogen) atoms. The van der Waals surface area contributed by atoms with Gasteiger partial charge in [-0.05, 0) is 25.2 Å². The number of piperidine rings is 2. The maximum absolute atomic E-state index is 12.6. The molecule has 0 aliphatic carbocycles. The number of hydrogen-bond donors (Lipinski definition) is 1. The molecular formula is C19H24N8O. The van der Waals surface area contributed by atoms with Crippen LogP contribution >= 0.6 is 0 Å². The molecule has 9 heteroatoms. The number of rotatable bonds is 5. The molecule has 0 saturated carbocycles. The molecule has 146 valence electrons. The van der Waals surface area contributed by atoms with Gasteiger partial charge in [-0.3, -0.25) is 4.79 Å². The molecule has 2 aliphatic heterocycles. The summed E-state index contributed by atoms with van der Waals surface area (Å²) in [6, 6.07) is 0.333. The average molecular weight is 380 g/mol. The fourth-order valence-corrected chi connectivity index (χ4v) is 4.67. The van der Waals surface area contributed by atoms with Gasteiger partial charge in [0.05, 0.1) is 12.7 Å². The minimum Gasteiger partial charge on any atom is -0.354 e. The first kappa shape index (κ1) is 17.2. The zero-order chi connectivity index (χ0) is 18.9. The minimum absolute atomic E-state index is 0.304. The van der Waals surface area contributed by atoms with Crippen molar-refractivity contribution in [2.45, 2.75) is 38.3 Å². The summed E-state index contributed by atoms with van der Waals surface area (Å²) in [5.74, 6) is 1.70. The first-order valence-electron chi connectivity index (χ1n) is 9.94. The minimum atomic E-state index is 0.304. The van der Waals surface area contributed by atoms with Crippen molar-refractivity contribution in [3.63, 3.8) is 0 Å². The Bertz CT molecular complexity index is 952. The predicted molar refractivity (Wildman–Crippen MR) is 104 cm³/mol. The number of carbonyl (C=O) groups is 1. The van der Waals surface area contributed by atoms with Crippen molar-refractivity contribution in [2.24, 2.45) is 5.92 Å². The van der Waals surface area contributed by atoms with Crippen LogP contribution < -0.4 is 4.90 Å². The normalized spacial score (nSPS) is 22.6. The van der Waals surface area contributed by atoms with E-state index in [2.05, 4.69) is 39.3 Å². The van der Waals surface area contributed by atoms with E-state index in [1.54, 1.807) is 18.9 Å². The molecule has 1 amide bonds. The second-order valence-corrected chi connectivity index (χ2v) is 7.64. The molecule has 2 aliphatic rings. The number of imidazole rings is 2. The summed E-state index contributed by atoms with van der Waals surface area (Å²) >= 11 is 0. The first-order valence-corrected chi connectivity index (χ1v) is 9.94. The lowest BCUT2D eigenvalue weighted by Crippen LogP contribution is -2.56. The first-order chi connectivity index (χ1) is 13.8. The van der Waals surface area contributed by atoms with Gasteiger partial charge in [0.25, 0.3) is 0 Å². The highest BCUT2D eigenvalue weighted by atomic mass is 16.2. The Labute approximate surface area is 162 Å². The molecule has 2 atom stereocenters. The second-order valence-electron chi connectivity index (χ2n) is 7.64. The van der Waals surface area contributed by atoms with E-state index in [4.69, 9.17) is 0 Å². The molecule has 1 N–H and O–H groups in total. The molecule has 2 saturated heterocycles. The van der Waals surface area contributed by atoms with Crippen LogP contribution in [0.2, 0.25) is 0 Å². The van der Waals surface area contributed by atoms with E-state index in [0.29, 0.717) is 29.9 Å². The Balaban J connectivity index is 1.27. The van der Waals surface area contributed by atoms with E-state index in [-0.39, 0.29) is 0 Å². The Morgan fingerprint density at radius 3 is 3.04 bits per heavy atom. The summed E-state index contributed by atoms with van der Waals surface area (Å²) in [6.07, 6.45) is 12.4. The molecule has 0 bridgehead atoms. The Morgan fingerprint density at radius 1 is 1.18 bits per heavy atom. The second kappa shape index (κ2) is 7.21. The molecule has 5 rings (SSSR count). The number of aromatic nitrogens is 6. The zero-order valence-electron chi connectivity index (χ0n) is 15.7. The van der Waals surface area contributed by atoms with Crippen molar-refractivity contribution in [3.8, 4) is 0 Å². The smallest absolute Gasteiger partial charge is 0.222 e. The SMILES string of the molecule is O=C1CC[C@H]2CN(c3ncnc4nc[nH]c34)CC[C@H]2N1CCCn1ccnc1. The lowest BCUT2D eigenvalue weighted by Gasteiger charge is -2.47. The number of likely N-dealkylation sites (tertiary alicyclic amines) is 1. The van der Waals surface area contributed by atoms with E-state index in [1.165, 1.54) is 0 Å². The number of aryl methyl sites for hydroxylation is 1. The van der Waals surface area contributed by atoms with Gasteiger partial charge in [-0.25, -0.2) is 19.9 Å². The number of carbonyl (C=O) groups excluding carboxylic acids is 1. The van der Waals surface area contributed by atoms with Crippen molar-refractivity contribution in [3.05, 3.63) is 31.4 Å². The highest BCUT2D eigenvalue weighted by molar-refractivity contribution is 5.83. The summed E-state index contributed by atoms with van der Waals surface area (Å²) in [5.41, 5.74) is 1.59. The van der Waals surface area contributed by atoms with Gasteiger partial charge in [0.2, 0.25) is 5.91 Å². The van der Waals surface area contributed by atoms with Crippen molar-refractivity contribution in [2.75, 3.05) is 24.5 Å². The standard InChI is InChI=1S/C19H24N8O/c28-16-3-2-14-10-26(19-17-18(22-11-21-17)23-12-24-19)8-4-15(14)27(16)7-1-6-25-9-5-20-13-25/h5,9,11-15H,1-4,6-8,10H2,(H,21,22,23,24)/t14-,15+/m0/s1. The molecule has 9 nitrogen and oxygen atoms in total. The topological polar surface area (TPSA) is 95.8 Å². The summed E-state index contributed by atoms with van der Waals surface area (Å²) in [6.45, 7) is 3.52. The highest BCUT2D eigenvalue weighted by Crippen LogP contribution is 2.34. The zero-order valence-corrected chi connectivity index (χ0v) is 15.7. The molecule has 0 radical (unpaired) electrons. The summed E-state index contributed by atoms with van der Waals surface area (Å²) in [4.78, 5) is 37.3. The molecular weight excluding hydrogens is 356 g/mol. The number of amides is 1. The largest absolute Gasteiger partial charge is 0.354 e. The van der Waals surface area contributed by atoms with E-state index in [9.17, 15) is 4.79 Å². The third kappa shape index (κ3) is 3.10. The van der Waals surface area contributed by atoms with E-state index in [1.807, 2.05) is 12.5 Å². The third-order valence-corrected chi connectivity index (χ3v) is 6.02. The number of fused-ring (bicyclic) bond motifs is 2. The van der Waals surface area contributed by atoms with Crippen LogP contribution in [0.15, 0.2) is 31.4 Å². The van der Waals surface area contributed by atoms with Gasteiger partial charge >= 0.3 is 0 Å². The van der Waals surface area contributed by atoms with Crippen LogP contribution in [0.25, 0.3) is 11.2 Å². The van der Waals surface area contributed by atoms with Crippen LogP contribution in [0.4, 0.5) is 5.82 Å². The number of aromatic amines is 1. The molecule has 5 heterocycles. The van der Waals surface area contributed by atoms with Crippen LogP contribution in [0.5, 0.6) is 0 Å².